The van der Waals surface area contributed by atoms with Crippen molar-refractivity contribution in [3.63, 3.8) is 0 Å². The molecule has 0 unspecified atom stereocenters. The predicted molar refractivity (Wildman–Crippen MR) is 112 cm³/mol. The highest BCUT2D eigenvalue weighted by molar-refractivity contribution is 6.36. The fourth-order valence-electron chi connectivity index (χ4n) is 2.73. The molecule has 2 aromatic carbocycles. The van der Waals surface area contributed by atoms with Crippen LogP contribution in [0.3, 0.4) is 0 Å². The number of aryl methyl sites for hydroxylation is 1. The van der Waals surface area contributed by atoms with E-state index in [2.05, 4.69) is 10.4 Å². The van der Waals surface area contributed by atoms with E-state index in [9.17, 15) is 14.4 Å². The van der Waals surface area contributed by atoms with Gasteiger partial charge in [-0.05, 0) is 30.7 Å². The van der Waals surface area contributed by atoms with Gasteiger partial charge in [0.25, 0.3) is 11.5 Å². The Balaban J connectivity index is 1.78. The lowest BCUT2D eigenvalue weighted by molar-refractivity contribution is -0.119. The third-order valence-corrected chi connectivity index (χ3v) is 4.58. The van der Waals surface area contributed by atoms with Crippen LogP contribution in [0.25, 0.3) is 10.8 Å². The molecular formula is C20H17Cl2N3O4. The topological polar surface area (TPSA) is 90.3 Å². The largest absolute Gasteiger partial charge is 0.451 e. The van der Waals surface area contributed by atoms with Crippen molar-refractivity contribution >= 4 is 51.5 Å². The molecule has 150 valence electrons. The van der Waals surface area contributed by atoms with Crippen molar-refractivity contribution in [1.82, 2.24) is 9.78 Å². The summed E-state index contributed by atoms with van der Waals surface area (Å²) in [5, 5.41) is 8.10. The first-order valence-electron chi connectivity index (χ1n) is 8.82. The van der Waals surface area contributed by atoms with E-state index in [0.29, 0.717) is 34.4 Å². The molecule has 9 heteroatoms. The van der Waals surface area contributed by atoms with Gasteiger partial charge in [0, 0.05) is 17.0 Å². The lowest BCUT2D eigenvalue weighted by Crippen LogP contribution is -2.27. The number of ether oxygens (including phenoxy) is 1. The number of nitrogens with zero attached hydrogens (tertiary/aromatic N) is 2. The van der Waals surface area contributed by atoms with Crippen LogP contribution in [-0.2, 0) is 16.1 Å². The second kappa shape index (κ2) is 9.07. The molecule has 0 bridgehead atoms. The molecule has 0 radical (unpaired) electrons. The number of amides is 1. The van der Waals surface area contributed by atoms with Crippen molar-refractivity contribution < 1.29 is 14.3 Å². The van der Waals surface area contributed by atoms with Crippen LogP contribution in [0.4, 0.5) is 5.69 Å². The van der Waals surface area contributed by atoms with Gasteiger partial charge in [-0.15, -0.1) is 0 Å². The van der Waals surface area contributed by atoms with E-state index in [1.807, 2.05) is 6.92 Å². The summed E-state index contributed by atoms with van der Waals surface area (Å²) in [5.74, 6) is -1.38. The molecule has 3 aromatic rings. The van der Waals surface area contributed by atoms with Gasteiger partial charge >= 0.3 is 5.97 Å². The Labute approximate surface area is 176 Å². The Morgan fingerprint density at radius 2 is 1.86 bits per heavy atom. The lowest BCUT2D eigenvalue weighted by Gasteiger charge is -2.11. The highest BCUT2D eigenvalue weighted by Gasteiger charge is 2.19. The number of anilines is 1. The zero-order chi connectivity index (χ0) is 21.0. The maximum Gasteiger partial charge on any atom is 0.359 e. The van der Waals surface area contributed by atoms with Crippen LogP contribution in [-0.4, -0.2) is 28.3 Å². The maximum absolute atomic E-state index is 12.6. The zero-order valence-electron chi connectivity index (χ0n) is 15.4. The molecular weight excluding hydrogens is 417 g/mol. The van der Waals surface area contributed by atoms with E-state index in [1.165, 1.54) is 10.7 Å². The average Bonchev–Trinajstić information content (AvgIpc) is 2.70. The van der Waals surface area contributed by atoms with E-state index in [0.717, 1.165) is 0 Å². The fourth-order valence-corrected chi connectivity index (χ4v) is 3.18. The van der Waals surface area contributed by atoms with Gasteiger partial charge in [0.1, 0.15) is 0 Å². The summed E-state index contributed by atoms with van der Waals surface area (Å²) in [6, 6.07) is 11.2. The number of nitrogens with one attached hydrogen (secondary N) is 1. The summed E-state index contributed by atoms with van der Waals surface area (Å²) in [6.07, 6.45) is 0.671. The summed E-state index contributed by atoms with van der Waals surface area (Å²) in [7, 11) is 0. The molecule has 7 nitrogen and oxygen atoms in total. The van der Waals surface area contributed by atoms with Gasteiger partial charge in [-0.25, -0.2) is 9.48 Å². The van der Waals surface area contributed by atoms with Crippen molar-refractivity contribution in [2.45, 2.75) is 19.9 Å². The molecule has 0 saturated carbocycles. The van der Waals surface area contributed by atoms with Gasteiger partial charge in [-0.1, -0.05) is 48.3 Å². The monoisotopic (exact) mass is 433 g/mol. The van der Waals surface area contributed by atoms with Crippen molar-refractivity contribution in [3.8, 4) is 0 Å². The van der Waals surface area contributed by atoms with Crippen LogP contribution in [0.1, 0.15) is 23.8 Å². The summed E-state index contributed by atoms with van der Waals surface area (Å²) >= 11 is 11.8. The molecule has 0 aliphatic rings. The predicted octanol–water partition coefficient (Wildman–Crippen LogP) is 3.91. The molecule has 0 spiro atoms. The molecule has 3 rings (SSSR count). The number of halogens is 2. The quantitative estimate of drug-likeness (QED) is 0.595. The van der Waals surface area contributed by atoms with E-state index in [-0.39, 0.29) is 16.3 Å². The Bertz CT molecular complexity index is 1140. The molecule has 29 heavy (non-hydrogen) atoms. The van der Waals surface area contributed by atoms with Gasteiger partial charge in [0.2, 0.25) is 0 Å². The summed E-state index contributed by atoms with van der Waals surface area (Å²) in [4.78, 5) is 37.2. The minimum Gasteiger partial charge on any atom is -0.451 e. The van der Waals surface area contributed by atoms with Gasteiger partial charge < -0.3 is 10.1 Å². The highest BCUT2D eigenvalue weighted by Crippen LogP contribution is 2.25. The zero-order valence-corrected chi connectivity index (χ0v) is 17.0. The number of rotatable bonds is 6. The smallest absolute Gasteiger partial charge is 0.359 e. The molecule has 0 aliphatic heterocycles. The van der Waals surface area contributed by atoms with E-state index < -0.39 is 18.5 Å². The van der Waals surface area contributed by atoms with Gasteiger partial charge in [-0.2, -0.15) is 5.10 Å². The van der Waals surface area contributed by atoms with Crippen molar-refractivity contribution in [3.05, 3.63) is 68.6 Å². The van der Waals surface area contributed by atoms with Crippen molar-refractivity contribution in [1.29, 1.82) is 0 Å². The van der Waals surface area contributed by atoms with Crippen LogP contribution in [0.5, 0.6) is 0 Å². The van der Waals surface area contributed by atoms with Crippen LogP contribution >= 0.6 is 23.2 Å². The number of esters is 1. The van der Waals surface area contributed by atoms with Gasteiger partial charge in [-0.3, -0.25) is 9.59 Å². The van der Waals surface area contributed by atoms with E-state index in [1.54, 1.807) is 36.4 Å². The Kier molecular flexibility index (Phi) is 6.51. The normalized spacial score (nSPS) is 10.7. The molecule has 1 N–H and O–H groups in total. The summed E-state index contributed by atoms with van der Waals surface area (Å²) < 4.78 is 6.34. The van der Waals surface area contributed by atoms with Gasteiger partial charge in [0.15, 0.2) is 12.3 Å². The van der Waals surface area contributed by atoms with Crippen LogP contribution in [0.2, 0.25) is 10.0 Å². The molecule has 1 aromatic heterocycles. The number of benzene rings is 2. The number of hydrogen-bond donors (Lipinski definition) is 1. The Morgan fingerprint density at radius 1 is 1.14 bits per heavy atom. The number of aromatic nitrogens is 2. The molecule has 0 atom stereocenters. The lowest BCUT2D eigenvalue weighted by atomic mass is 10.1. The number of carbonyl (C=O) groups excluding carboxylic acids is 2. The second-order valence-corrected chi connectivity index (χ2v) is 7.01. The maximum atomic E-state index is 12.6. The first-order chi connectivity index (χ1) is 13.9. The van der Waals surface area contributed by atoms with Crippen LogP contribution in [0, 0.1) is 0 Å². The molecule has 1 amide bonds. The minimum atomic E-state index is -0.802. The standard InChI is InChI=1S/C20H17Cl2N3O4/c1-2-9-25-19(27)14-6-4-3-5-13(14)18(24-25)20(28)29-11-17(26)23-16-8-7-12(21)10-15(16)22/h3-8,10H,2,9,11H2,1H3,(H,23,26). The van der Waals surface area contributed by atoms with Crippen molar-refractivity contribution in [2.75, 3.05) is 11.9 Å². The first kappa shape index (κ1) is 20.8. The fraction of sp³-hybridized carbons (Fsp3) is 0.200. The van der Waals surface area contributed by atoms with Crippen LogP contribution in [0.15, 0.2) is 47.3 Å². The minimum absolute atomic E-state index is 0.0222. The van der Waals surface area contributed by atoms with Crippen molar-refractivity contribution in [2.24, 2.45) is 0 Å². The first-order valence-corrected chi connectivity index (χ1v) is 9.58. The van der Waals surface area contributed by atoms with Gasteiger partial charge in [0.05, 0.1) is 16.1 Å². The average molecular weight is 434 g/mol. The summed E-state index contributed by atoms with van der Waals surface area (Å²) in [5.41, 5.74) is 0.0392. The Hall–Kier alpha value is -2.90. The number of fused-ring (bicyclic) bond motifs is 1. The number of carbonyl (C=O) groups is 2. The number of hydrogen-bond acceptors (Lipinski definition) is 5. The third kappa shape index (κ3) is 4.75. The second-order valence-electron chi connectivity index (χ2n) is 6.17. The SMILES string of the molecule is CCCn1nc(C(=O)OCC(=O)Nc2ccc(Cl)cc2Cl)c2ccccc2c1=O. The highest BCUT2D eigenvalue weighted by atomic mass is 35.5. The Morgan fingerprint density at radius 3 is 2.55 bits per heavy atom. The van der Waals surface area contributed by atoms with E-state index >= 15 is 0 Å². The molecule has 0 fully saturated rings. The van der Waals surface area contributed by atoms with E-state index in [4.69, 9.17) is 27.9 Å². The molecule has 0 aliphatic carbocycles. The molecule has 0 saturated heterocycles. The van der Waals surface area contributed by atoms with Crippen LogP contribution < -0.4 is 10.9 Å². The summed E-state index contributed by atoms with van der Waals surface area (Å²) in [6.45, 7) is 1.72. The third-order valence-electron chi connectivity index (χ3n) is 4.04. The molecule has 1 heterocycles.